The number of hydrogen-bond acceptors (Lipinski definition) is 3. The first-order valence-corrected chi connectivity index (χ1v) is 5.25. The Morgan fingerprint density at radius 1 is 1.46 bits per heavy atom. The second-order valence-electron chi connectivity index (χ2n) is 2.60. The van der Waals surface area contributed by atoms with Crippen molar-refractivity contribution in [1.82, 2.24) is 14.5 Å². The molecule has 0 bridgehead atoms. The zero-order chi connectivity index (χ0) is 9.10. The Kier molecular flexibility index (Phi) is 2.61. The van der Waals surface area contributed by atoms with Gasteiger partial charge in [0.1, 0.15) is 5.01 Å². The van der Waals surface area contributed by atoms with Crippen molar-refractivity contribution < 1.29 is 0 Å². The smallest absolute Gasteiger partial charge is 0.112 e. The summed E-state index contributed by atoms with van der Waals surface area (Å²) in [5, 5.41) is 3.05. The monoisotopic (exact) mass is 213 g/mol. The van der Waals surface area contributed by atoms with Crippen molar-refractivity contribution in [3.8, 4) is 0 Å². The number of nitrogens with zero attached hydrogens (tertiary/aromatic N) is 3. The molecule has 0 saturated heterocycles. The van der Waals surface area contributed by atoms with Gasteiger partial charge in [-0.3, -0.25) is 0 Å². The summed E-state index contributed by atoms with van der Waals surface area (Å²) in [4.78, 5) is 8.31. The molecule has 0 unspecified atom stereocenters. The van der Waals surface area contributed by atoms with Crippen molar-refractivity contribution in [2.45, 2.75) is 12.4 Å². The number of thiazole rings is 1. The lowest BCUT2D eigenvalue weighted by Crippen LogP contribution is -1.94. The van der Waals surface area contributed by atoms with Crippen LogP contribution >= 0.6 is 22.9 Å². The van der Waals surface area contributed by atoms with E-state index in [4.69, 9.17) is 11.6 Å². The van der Waals surface area contributed by atoms with E-state index in [9.17, 15) is 0 Å². The fourth-order valence-electron chi connectivity index (χ4n) is 1.05. The molecule has 13 heavy (non-hydrogen) atoms. The lowest BCUT2D eigenvalue weighted by Gasteiger charge is -1.95. The van der Waals surface area contributed by atoms with Crippen molar-refractivity contribution in [3.05, 3.63) is 34.8 Å². The van der Waals surface area contributed by atoms with Gasteiger partial charge in [-0.2, -0.15) is 0 Å². The second kappa shape index (κ2) is 3.89. The molecule has 0 saturated carbocycles. The second-order valence-corrected chi connectivity index (χ2v) is 3.84. The van der Waals surface area contributed by atoms with Gasteiger partial charge in [0.2, 0.25) is 0 Å². The van der Waals surface area contributed by atoms with E-state index in [2.05, 4.69) is 9.97 Å². The summed E-state index contributed by atoms with van der Waals surface area (Å²) < 4.78 is 1.98. The molecule has 0 aliphatic carbocycles. The van der Waals surface area contributed by atoms with Gasteiger partial charge in [0.15, 0.2) is 0 Å². The predicted octanol–water partition coefficient (Wildman–Crippen LogP) is 2.13. The summed E-state index contributed by atoms with van der Waals surface area (Å²) >= 11 is 7.28. The third-order valence-electron chi connectivity index (χ3n) is 1.62. The van der Waals surface area contributed by atoms with E-state index in [-0.39, 0.29) is 0 Å². The molecule has 0 aromatic carbocycles. The molecular formula is C8H8ClN3S. The number of rotatable bonds is 3. The SMILES string of the molecule is ClCc1cn(Cc2nccs2)cn1. The van der Waals surface area contributed by atoms with Gasteiger partial charge in [-0.25, -0.2) is 9.97 Å². The average Bonchev–Trinajstić information content (AvgIpc) is 2.76. The molecule has 68 valence electrons. The molecule has 0 N–H and O–H groups in total. The minimum absolute atomic E-state index is 0.463. The Morgan fingerprint density at radius 2 is 2.38 bits per heavy atom. The highest BCUT2D eigenvalue weighted by atomic mass is 35.5. The van der Waals surface area contributed by atoms with Crippen molar-refractivity contribution in [2.75, 3.05) is 0 Å². The van der Waals surface area contributed by atoms with E-state index in [0.717, 1.165) is 17.2 Å². The molecule has 0 radical (unpaired) electrons. The molecule has 2 aromatic rings. The number of hydrogen-bond donors (Lipinski definition) is 0. The molecule has 0 spiro atoms. The molecule has 2 aromatic heterocycles. The van der Waals surface area contributed by atoms with E-state index in [0.29, 0.717) is 5.88 Å². The molecule has 0 aliphatic heterocycles. The van der Waals surface area contributed by atoms with Crippen LogP contribution in [0.1, 0.15) is 10.7 Å². The van der Waals surface area contributed by atoms with Crippen LogP contribution in [0.4, 0.5) is 0 Å². The number of alkyl halides is 1. The van der Waals surface area contributed by atoms with E-state index in [1.165, 1.54) is 0 Å². The predicted molar refractivity (Wildman–Crippen MR) is 53.0 cm³/mol. The molecule has 0 fully saturated rings. The Bertz CT molecular complexity index is 368. The Hall–Kier alpha value is -0.870. The Labute approximate surface area is 85.0 Å². The Balaban J connectivity index is 2.10. The highest BCUT2D eigenvalue weighted by Crippen LogP contribution is 2.07. The normalized spacial score (nSPS) is 10.5. The van der Waals surface area contributed by atoms with Gasteiger partial charge in [-0.05, 0) is 0 Å². The molecule has 3 nitrogen and oxygen atoms in total. The Morgan fingerprint density at radius 3 is 3.00 bits per heavy atom. The van der Waals surface area contributed by atoms with E-state index >= 15 is 0 Å². The summed E-state index contributed by atoms with van der Waals surface area (Å²) in [7, 11) is 0. The van der Waals surface area contributed by atoms with Crippen LogP contribution in [0.5, 0.6) is 0 Å². The lowest BCUT2D eigenvalue weighted by atomic mass is 10.5. The third-order valence-corrected chi connectivity index (χ3v) is 2.66. The highest BCUT2D eigenvalue weighted by molar-refractivity contribution is 7.09. The van der Waals surface area contributed by atoms with Crippen LogP contribution in [-0.2, 0) is 12.4 Å². The fourth-order valence-corrected chi connectivity index (χ4v) is 1.81. The minimum Gasteiger partial charge on any atom is -0.330 e. The van der Waals surface area contributed by atoms with Gasteiger partial charge < -0.3 is 4.57 Å². The number of halogens is 1. The van der Waals surface area contributed by atoms with Gasteiger partial charge in [-0.15, -0.1) is 22.9 Å². The first-order valence-electron chi connectivity index (χ1n) is 3.83. The first-order chi connectivity index (χ1) is 6.38. The van der Waals surface area contributed by atoms with E-state index in [1.54, 1.807) is 23.9 Å². The van der Waals surface area contributed by atoms with Gasteiger partial charge in [0.05, 0.1) is 24.4 Å². The molecule has 5 heteroatoms. The summed E-state index contributed by atoms with van der Waals surface area (Å²) in [6.07, 6.45) is 5.52. The van der Waals surface area contributed by atoms with Crippen molar-refractivity contribution in [2.24, 2.45) is 0 Å². The van der Waals surface area contributed by atoms with Crippen molar-refractivity contribution in [3.63, 3.8) is 0 Å². The van der Waals surface area contributed by atoms with Crippen LogP contribution in [0.3, 0.4) is 0 Å². The van der Waals surface area contributed by atoms with Gasteiger partial charge >= 0.3 is 0 Å². The molecule has 2 heterocycles. The van der Waals surface area contributed by atoms with Crippen LogP contribution < -0.4 is 0 Å². The zero-order valence-corrected chi connectivity index (χ0v) is 8.42. The summed E-state index contributed by atoms with van der Waals surface area (Å²) in [5.74, 6) is 0.463. The summed E-state index contributed by atoms with van der Waals surface area (Å²) in [6.45, 7) is 0.779. The number of imidazole rings is 1. The van der Waals surface area contributed by atoms with E-state index < -0.39 is 0 Å². The van der Waals surface area contributed by atoms with Gasteiger partial charge in [-0.1, -0.05) is 0 Å². The topological polar surface area (TPSA) is 30.7 Å². The average molecular weight is 214 g/mol. The molecular weight excluding hydrogens is 206 g/mol. The van der Waals surface area contributed by atoms with Crippen LogP contribution in [-0.4, -0.2) is 14.5 Å². The largest absolute Gasteiger partial charge is 0.330 e. The maximum absolute atomic E-state index is 5.63. The zero-order valence-electron chi connectivity index (χ0n) is 6.85. The van der Waals surface area contributed by atoms with Crippen LogP contribution in [0.25, 0.3) is 0 Å². The molecule has 2 rings (SSSR count). The van der Waals surface area contributed by atoms with Gasteiger partial charge in [0.25, 0.3) is 0 Å². The summed E-state index contributed by atoms with van der Waals surface area (Å²) in [6, 6.07) is 0. The standard InChI is InChI=1S/C8H8ClN3S/c9-3-7-4-12(6-11-7)5-8-10-1-2-13-8/h1-2,4,6H,3,5H2. The molecule has 0 aliphatic rings. The fraction of sp³-hybridized carbons (Fsp3) is 0.250. The van der Waals surface area contributed by atoms with Crippen LogP contribution in [0.2, 0.25) is 0 Å². The molecule has 0 atom stereocenters. The van der Waals surface area contributed by atoms with Gasteiger partial charge in [0, 0.05) is 17.8 Å². The van der Waals surface area contributed by atoms with Crippen molar-refractivity contribution in [1.29, 1.82) is 0 Å². The third kappa shape index (κ3) is 2.08. The summed E-state index contributed by atoms with van der Waals surface area (Å²) in [5.41, 5.74) is 0.901. The minimum atomic E-state index is 0.463. The highest BCUT2D eigenvalue weighted by Gasteiger charge is 1.99. The van der Waals surface area contributed by atoms with E-state index in [1.807, 2.05) is 16.1 Å². The first kappa shape index (κ1) is 8.72. The molecule has 0 amide bonds. The van der Waals surface area contributed by atoms with Crippen LogP contribution in [0, 0.1) is 0 Å². The lowest BCUT2D eigenvalue weighted by molar-refractivity contribution is 0.790. The van der Waals surface area contributed by atoms with Crippen LogP contribution in [0.15, 0.2) is 24.1 Å². The van der Waals surface area contributed by atoms with Crippen molar-refractivity contribution >= 4 is 22.9 Å². The quantitative estimate of drug-likeness (QED) is 0.732. The maximum atomic E-state index is 5.63. The maximum Gasteiger partial charge on any atom is 0.112 e. The number of aromatic nitrogens is 3.